The fraction of sp³-hybridized carbons (Fsp3) is 0.857. The Balaban J connectivity index is 4.00. The minimum atomic E-state index is -0.817. The number of amides is 1. The van der Waals surface area contributed by atoms with Gasteiger partial charge in [0.15, 0.2) is 0 Å². The number of alkyl carbamates (subject to hydrolysis) is 1. The number of rotatable bonds is 7. The highest BCUT2D eigenvalue weighted by atomic mass is 16.6. The van der Waals surface area contributed by atoms with Crippen LogP contribution in [0, 0.1) is 5.92 Å². The number of hydrogen-bond donors (Lipinski definition) is 2. The summed E-state index contributed by atoms with van der Waals surface area (Å²) in [4.78, 5) is 24.4. The first-order chi connectivity index (χ1) is 9.04. The van der Waals surface area contributed by atoms with Crippen molar-refractivity contribution in [1.82, 2.24) is 10.2 Å². The van der Waals surface area contributed by atoms with Gasteiger partial charge in [0.05, 0.1) is 0 Å². The van der Waals surface area contributed by atoms with E-state index in [2.05, 4.69) is 5.32 Å². The summed E-state index contributed by atoms with van der Waals surface area (Å²) in [7, 11) is 1.78. The van der Waals surface area contributed by atoms with Crippen LogP contribution >= 0.6 is 0 Å². The van der Waals surface area contributed by atoms with E-state index in [1.165, 1.54) is 0 Å². The van der Waals surface area contributed by atoms with Crippen LogP contribution in [0.5, 0.6) is 0 Å². The van der Waals surface area contributed by atoms with E-state index in [1.807, 2.05) is 13.8 Å². The highest BCUT2D eigenvalue weighted by molar-refractivity contribution is 5.73. The van der Waals surface area contributed by atoms with E-state index in [9.17, 15) is 9.59 Å². The molecule has 6 nitrogen and oxygen atoms in total. The predicted molar refractivity (Wildman–Crippen MR) is 77.7 cm³/mol. The van der Waals surface area contributed by atoms with Crippen LogP contribution in [0.1, 0.15) is 41.0 Å². The zero-order valence-corrected chi connectivity index (χ0v) is 13.4. The van der Waals surface area contributed by atoms with E-state index in [0.717, 1.165) is 0 Å². The largest absolute Gasteiger partial charge is 0.480 e. The third-order valence-corrected chi connectivity index (χ3v) is 2.72. The Bertz CT molecular complexity index is 324. The van der Waals surface area contributed by atoms with Crippen molar-refractivity contribution in [2.75, 3.05) is 20.1 Å². The molecule has 0 aromatic carbocycles. The smallest absolute Gasteiger partial charge is 0.407 e. The van der Waals surface area contributed by atoms with Crippen molar-refractivity contribution in [1.29, 1.82) is 0 Å². The first kappa shape index (κ1) is 18.7. The number of carboxylic acids is 1. The summed E-state index contributed by atoms with van der Waals surface area (Å²) < 4.78 is 5.11. The molecule has 0 aliphatic heterocycles. The Hall–Kier alpha value is -1.30. The quantitative estimate of drug-likeness (QED) is 0.700. The lowest BCUT2D eigenvalue weighted by Crippen LogP contribution is -2.43. The first-order valence-corrected chi connectivity index (χ1v) is 6.94. The summed E-state index contributed by atoms with van der Waals surface area (Å²) in [5.74, 6) is -0.779. The molecule has 0 aliphatic carbocycles. The van der Waals surface area contributed by atoms with Crippen LogP contribution in [0.4, 0.5) is 4.79 Å². The number of aliphatic carboxylic acids is 1. The first-order valence-electron chi connectivity index (χ1n) is 6.94. The van der Waals surface area contributed by atoms with Crippen molar-refractivity contribution in [3.63, 3.8) is 0 Å². The molecule has 1 unspecified atom stereocenters. The van der Waals surface area contributed by atoms with E-state index in [4.69, 9.17) is 9.84 Å². The number of carbonyl (C=O) groups is 2. The summed E-state index contributed by atoms with van der Waals surface area (Å²) in [6.45, 7) is 10.2. The number of nitrogens with one attached hydrogen (secondary N) is 1. The molecule has 0 fully saturated rings. The van der Waals surface area contributed by atoms with Crippen molar-refractivity contribution in [3.05, 3.63) is 0 Å². The molecule has 0 radical (unpaired) electrons. The fourth-order valence-corrected chi connectivity index (χ4v) is 1.95. The molecular formula is C14H28N2O4. The fourth-order valence-electron chi connectivity index (χ4n) is 1.95. The van der Waals surface area contributed by atoms with Crippen molar-refractivity contribution in [3.8, 4) is 0 Å². The van der Waals surface area contributed by atoms with Gasteiger partial charge in [-0.25, -0.2) is 4.79 Å². The van der Waals surface area contributed by atoms with Gasteiger partial charge in [0.25, 0.3) is 0 Å². The van der Waals surface area contributed by atoms with Crippen molar-refractivity contribution < 1.29 is 19.4 Å². The second-order valence-electron chi connectivity index (χ2n) is 6.29. The summed E-state index contributed by atoms with van der Waals surface area (Å²) in [5, 5.41) is 11.8. The van der Waals surface area contributed by atoms with E-state index in [1.54, 1.807) is 32.7 Å². The average molecular weight is 288 g/mol. The number of carbonyl (C=O) groups excluding carboxylic acids is 1. The maximum Gasteiger partial charge on any atom is 0.407 e. The average Bonchev–Trinajstić information content (AvgIpc) is 2.20. The van der Waals surface area contributed by atoms with Crippen LogP contribution in [-0.2, 0) is 9.53 Å². The maximum absolute atomic E-state index is 11.4. The molecule has 0 rings (SSSR count). The van der Waals surface area contributed by atoms with Crippen molar-refractivity contribution in [2.24, 2.45) is 5.92 Å². The van der Waals surface area contributed by atoms with Crippen LogP contribution in [-0.4, -0.2) is 53.8 Å². The van der Waals surface area contributed by atoms with E-state index in [-0.39, 0.29) is 5.92 Å². The predicted octanol–water partition coefficient (Wildman–Crippen LogP) is 1.94. The van der Waals surface area contributed by atoms with Crippen LogP contribution in [0.15, 0.2) is 0 Å². The molecule has 0 saturated carbocycles. The number of hydrogen-bond acceptors (Lipinski definition) is 4. The molecule has 20 heavy (non-hydrogen) atoms. The monoisotopic (exact) mass is 288 g/mol. The molecule has 1 atom stereocenters. The minimum Gasteiger partial charge on any atom is -0.480 e. The Labute approximate surface area is 121 Å². The van der Waals surface area contributed by atoms with Crippen LogP contribution in [0.25, 0.3) is 0 Å². The molecule has 1 amide bonds. The Morgan fingerprint density at radius 2 is 1.85 bits per heavy atom. The summed E-state index contributed by atoms with van der Waals surface area (Å²) in [6, 6.07) is -0.503. The number of nitrogens with zero attached hydrogens (tertiary/aromatic N) is 1. The van der Waals surface area contributed by atoms with E-state index in [0.29, 0.717) is 19.5 Å². The molecule has 2 N–H and O–H groups in total. The molecule has 118 valence electrons. The highest BCUT2D eigenvalue weighted by Gasteiger charge is 2.25. The molecule has 0 saturated heterocycles. The van der Waals surface area contributed by atoms with Gasteiger partial charge in [-0.2, -0.15) is 0 Å². The normalized spacial score (nSPS) is 13.4. The third kappa shape index (κ3) is 7.99. The van der Waals surface area contributed by atoms with E-state index >= 15 is 0 Å². The van der Waals surface area contributed by atoms with Crippen LogP contribution in [0.2, 0.25) is 0 Å². The summed E-state index contributed by atoms with van der Waals surface area (Å²) >= 11 is 0. The van der Waals surface area contributed by atoms with Crippen molar-refractivity contribution >= 4 is 12.1 Å². The van der Waals surface area contributed by atoms with Crippen LogP contribution < -0.4 is 5.32 Å². The molecular weight excluding hydrogens is 260 g/mol. The van der Waals surface area contributed by atoms with Gasteiger partial charge in [-0.3, -0.25) is 9.69 Å². The Morgan fingerprint density at radius 3 is 2.25 bits per heavy atom. The van der Waals surface area contributed by atoms with Gasteiger partial charge in [-0.15, -0.1) is 0 Å². The molecule has 0 aliphatic rings. The van der Waals surface area contributed by atoms with Gasteiger partial charge in [0, 0.05) is 13.1 Å². The SMILES string of the molecule is CC(C)C(C(=O)O)N(C)CCCNC(=O)OC(C)(C)C. The Morgan fingerprint density at radius 1 is 1.30 bits per heavy atom. The second-order valence-corrected chi connectivity index (χ2v) is 6.29. The molecule has 0 spiro atoms. The van der Waals surface area contributed by atoms with E-state index < -0.39 is 23.7 Å². The van der Waals surface area contributed by atoms with Gasteiger partial charge in [-0.1, -0.05) is 13.8 Å². The second kappa shape index (κ2) is 8.09. The summed E-state index contributed by atoms with van der Waals surface area (Å²) in [6.07, 6.45) is 0.227. The lowest BCUT2D eigenvalue weighted by molar-refractivity contribution is -0.144. The number of ether oxygens (including phenoxy) is 1. The topological polar surface area (TPSA) is 78.9 Å². The number of carboxylic acid groups (broad SMARTS) is 1. The highest BCUT2D eigenvalue weighted by Crippen LogP contribution is 2.10. The molecule has 0 aromatic heterocycles. The van der Waals surface area contributed by atoms with Gasteiger partial charge in [0.2, 0.25) is 0 Å². The van der Waals surface area contributed by atoms with Crippen LogP contribution in [0.3, 0.4) is 0 Å². The molecule has 0 aromatic rings. The van der Waals surface area contributed by atoms with Gasteiger partial charge in [0.1, 0.15) is 11.6 Å². The maximum atomic E-state index is 11.4. The lowest BCUT2D eigenvalue weighted by Gasteiger charge is -2.27. The Kier molecular flexibility index (Phi) is 7.57. The zero-order valence-electron chi connectivity index (χ0n) is 13.4. The minimum absolute atomic E-state index is 0.0383. The third-order valence-electron chi connectivity index (χ3n) is 2.72. The zero-order chi connectivity index (χ0) is 15.9. The summed E-state index contributed by atoms with van der Waals surface area (Å²) in [5.41, 5.74) is -0.507. The van der Waals surface area contributed by atoms with Gasteiger partial charge >= 0.3 is 12.1 Å². The molecule has 0 heterocycles. The number of likely N-dealkylation sites (N-methyl/N-ethyl adjacent to an activating group) is 1. The molecule has 6 heteroatoms. The van der Waals surface area contributed by atoms with Gasteiger partial charge in [-0.05, 0) is 40.2 Å². The van der Waals surface area contributed by atoms with Gasteiger partial charge < -0.3 is 15.2 Å². The van der Waals surface area contributed by atoms with Crippen molar-refractivity contribution in [2.45, 2.75) is 52.7 Å². The molecule has 0 bridgehead atoms. The standard InChI is InChI=1S/C14H28N2O4/c1-10(2)11(12(17)18)16(6)9-7-8-15-13(19)20-14(3,4)5/h10-11H,7-9H2,1-6H3,(H,15,19)(H,17,18). The lowest BCUT2D eigenvalue weighted by atomic mass is 10.0.